The summed E-state index contributed by atoms with van der Waals surface area (Å²) >= 11 is 0. The van der Waals surface area contributed by atoms with Crippen molar-refractivity contribution in [2.45, 2.75) is 25.8 Å². The summed E-state index contributed by atoms with van der Waals surface area (Å²) < 4.78 is 10.8. The average molecular weight is 391 g/mol. The molecule has 3 rings (SSSR count). The van der Waals surface area contributed by atoms with Crippen molar-refractivity contribution >= 4 is 11.8 Å². The molecule has 28 heavy (non-hydrogen) atoms. The molecule has 0 aromatic heterocycles. The first-order chi connectivity index (χ1) is 13.6. The Morgan fingerprint density at radius 2 is 1.86 bits per heavy atom. The second-order valence-corrected chi connectivity index (χ2v) is 7.62. The van der Waals surface area contributed by atoms with Crippen LogP contribution in [0.5, 0.6) is 5.75 Å². The van der Waals surface area contributed by atoms with E-state index < -0.39 is 0 Å². The third-order valence-corrected chi connectivity index (χ3v) is 5.94. The van der Waals surface area contributed by atoms with Crippen molar-refractivity contribution in [1.29, 1.82) is 0 Å². The molecular weight excluding hydrogens is 358 g/mol. The van der Waals surface area contributed by atoms with Crippen LogP contribution in [0.2, 0.25) is 0 Å². The maximum Gasteiger partial charge on any atom is 0.223 e. The molecule has 0 aliphatic carbocycles. The number of likely N-dealkylation sites (tertiary alicyclic amines) is 1. The van der Waals surface area contributed by atoms with E-state index in [1.54, 1.807) is 14.0 Å². The van der Waals surface area contributed by atoms with Gasteiger partial charge in [0, 0.05) is 31.5 Å². The molecule has 1 atom stereocenters. The Labute approximate surface area is 167 Å². The Kier molecular flexibility index (Phi) is 7.28. The molecule has 2 aliphatic rings. The van der Waals surface area contributed by atoms with Gasteiger partial charge < -0.3 is 24.6 Å². The highest BCUT2D eigenvalue weighted by atomic mass is 16.5. The fraction of sp³-hybridized carbons (Fsp3) is 0.619. The van der Waals surface area contributed by atoms with Crippen LogP contribution in [0.25, 0.3) is 0 Å². The van der Waals surface area contributed by atoms with Gasteiger partial charge in [-0.2, -0.15) is 0 Å². The summed E-state index contributed by atoms with van der Waals surface area (Å²) in [6.45, 7) is 6.90. The van der Waals surface area contributed by atoms with Crippen molar-refractivity contribution in [1.82, 2.24) is 10.2 Å². The molecule has 0 unspecified atom stereocenters. The Morgan fingerprint density at radius 3 is 2.43 bits per heavy atom. The monoisotopic (exact) mass is 390 g/mol. The Hall–Kier alpha value is -2.12. The topological polar surface area (TPSA) is 72.3 Å². The van der Waals surface area contributed by atoms with Gasteiger partial charge >= 0.3 is 0 Å². The summed E-state index contributed by atoms with van der Waals surface area (Å²) in [5.41, 5.74) is 1.20. The third kappa shape index (κ3) is 5.23. The largest absolute Gasteiger partial charge is 0.497 e. The molecule has 0 bridgehead atoms. The second-order valence-electron chi connectivity index (χ2n) is 7.62. The number of quaternary nitrogens is 1. The molecule has 1 aromatic rings. The van der Waals surface area contributed by atoms with Gasteiger partial charge in [-0.25, -0.2) is 0 Å². The Morgan fingerprint density at radius 1 is 1.21 bits per heavy atom. The van der Waals surface area contributed by atoms with E-state index in [1.807, 2.05) is 17.0 Å². The lowest BCUT2D eigenvalue weighted by Gasteiger charge is -2.33. The Balaban J connectivity index is 1.61. The van der Waals surface area contributed by atoms with Crippen molar-refractivity contribution in [2.24, 2.45) is 5.92 Å². The van der Waals surface area contributed by atoms with E-state index in [4.69, 9.17) is 9.47 Å². The lowest BCUT2D eigenvalue weighted by molar-refractivity contribution is -0.937. The normalized spacial score (nSPS) is 19.9. The number of hydrogen-bond acceptors (Lipinski definition) is 4. The summed E-state index contributed by atoms with van der Waals surface area (Å²) in [7, 11) is 1.66. The van der Waals surface area contributed by atoms with Crippen molar-refractivity contribution in [3.63, 3.8) is 0 Å². The van der Waals surface area contributed by atoms with Crippen LogP contribution in [-0.2, 0) is 14.3 Å². The SMILES string of the molecule is COc1ccc([C@@H](CNC(=O)C2CCN(C(C)=O)CC2)[NH+]2CCOCC2)cc1. The Bertz CT molecular complexity index is 650. The van der Waals surface area contributed by atoms with Gasteiger partial charge in [-0.1, -0.05) is 0 Å². The molecule has 0 spiro atoms. The van der Waals surface area contributed by atoms with Gasteiger partial charge in [0.05, 0.1) is 26.9 Å². The average Bonchev–Trinajstić information content (AvgIpc) is 2.75. The van der Waals surface area contributed by atoms with E-state index in [0.717, 1.165) is 44.9 Å². The predicted molar refractivity (Wildman–Crippen MR) is 105 cm³/mol. The molecule has 2 heterocycles. The van der Waals surface area contributed by atoms with Crippen molar-refractivity contribution in [2.75, 3.05) is 53.0 Å². The van der Waals surface area contributed by atoms with Gasteiger partial charge in [-0.05, 0) is 37.1 Å². The smallest absolute Gasteiger partial charge is 0.223 e. The highest BCUT2D eigenvalue weighted by Gasteiger charge is 2.30. The summed E-state index contributed by atoms with van der Waals surface area (Å²) in [6.07, 6.45) is 1.48. The number of nitrogens with one attached hydrogen (secondary N) is 2. The number of carbonyl (C=O) groups excluding carboxylic acids is 2. The number of methoxy groups -OCH3 is 1. The number of carbonyl (C=O) groups is 2. The van der Waals surface area contributed by atoms with Crippen LogP contribution in [0.3, 0.4) is 0 Å². The summed E-state index contributed by atoms with van der Waals surface area (Å²) in [4.78, 5) is 27.5. The van der Waals surface area contributed by atoms with Crippen LogP contribution in [0.15, 0.2) is 24.3 Å². The summed E-state index contributed by atoms with van der Waals surface area (Å²) in [6, 6.07) is 8.31. The number of rotatable bonds is 6. The molecule has 2 saturated heterocycles. The number of ether oxygens (including phenoxy) is 2. The molecule has 154 valence electrons. The summed E-state index contributed by atoms with van der Waals surface area (Å²) in [5, 5.41) is 3.19. The molecule has 2 fully saturated rings. The molecule has 2 aliphatic heterocycles. The molecule has 7 nitrogen and oxygen atoms in total. The number of amides is 2. The lowest BCUT2D eigenvalue weighted by atomic mass is 9.95. The minimum Gasteiger partial charge on any atom is -0.497 e. The number of hydrogen-bond donors (Lipinski definition) is 2. The minimum atomic E-state index is -0.00759. The maximum absolute atomic E-state index is 12.7. The molecule has 0 radical (unpaired) electrons. The van der Waals surface area contributed by atoms with Crippen LogP contribution in [0.1, 0.15) is 31.4 Å². The maximum atomic E-state index is 12.7. The van der Waals surface area contributed by atoms with Gasteiger partial charge in [0.1, 0.15) is 24.9 Å². The molecule has 0 saturated carbocycles. The van der Waals surface area contributed by atoms with Gasteiger partial charge in [-0.15, -0.1) is 0 Å². The quantitative estimate of drug-likeness (QED) is 0.719. The molecule has 7 heteroatoms. The fourth-order valence-electron chi connectivity index (χ4n) is 4.12. The minimum absolute atomic E-state index is 0.00759. The first kappa shape index (κ1) is 20.6. The standard InChI is InChI=1S/C21H31N3O4/c1-16(25)23-9-7-18(8-10-23)21(26)22-15-20(24-11-13-28-14-12-24)17-3-5-19(27-2)6-4-17/h3-6,18,20H,7-15H2,1-2H3,(H,22,26)/p+1/t20-/m1/s1. The predicted octanol–water partition coefficient (Wildman–Crippen LogP) is 0.0261. The number of piperidine rings is 1. The van der Waals surface area contributed by atoms with E-state index in [9.17, 15) is 9.59 Å². The first-order valence-corrected chi connectivity index (χ1v) is 10.2. The number of nitrogens with zero attached hydrogens (tertiary/aromatic N) is 1. The van der Waals surface area contributed by atoms with Crippen LogP contribution in [0, 0.1) is 5.92 Å². The zero-order valence-electron chi connectivity index (χ0n) is 16.9. The van der Waals surface area contributed by atoms with Gasteiger partial charge in [0.2, 0.25) is 11.8 Å². The zero-order valence-corrected chi connectivity index (χ0v) is 16.9. The molecule has 2 amide bonds. The van der Waals surface area contributed by atoms with Crippen LogP contribution in [-0.4, -0.2) is 69.8 Å². The highest BCUT2D eigenvalue weighted by molar-refractivity contribution is 5.79. The molecule has 2 N–H and O–H groups in total. The van der Waals surface area contributed by atoms with Crippen LogP contribution < -0.4 is 15.0 Å². The van der Waals surface area contributed by atoms with E-state index in [1.165, 1.54) is 10.5 Å². The highest BCUT2D eigenvalue weighted by Crippen LogP contribution is 2.19. The van der Waals surface area contributed by atoms with Crippen molar-refractivity contribution in [3.05, 3.63) is 29.8 Å². The van der Waals surface area contributed by atoms with E-state index in [-0.39, 0.29) is 23.8 Å². The number of benzene rings is 1. The molecular formula is C21H32N3O4+. The number of morpholine rings is 1. The first-order valence-electron chi connectivity index (χ1n) is 10.2. The summed E-state index contributed by atoms with van der Waals surface area (Å²) in [5.74, 6) is 1.02. The van der Waals surface area contributed by atoms with Crippen LogP contribution >= 0.6 is 0 Å². The lowest BCUT2D eigenvalue weighted by Crippen LogP contribution is -3.15. The van der Waals surface area contributed by atoms with E-state index >= 15 is 0 Å². The van der Waals surface area contributed by atoms with Crippen molar-refractivity contribution in [3.8, 4) is 5.75 Å². The third-order valence-electron chi connectivity index (χ3n) is 5.94. The molecule has 1 aromatic carbocycles. The van der Waals surface area contributed by atoms with Crippen LogP contribution in [0.4, 0.5) is 0 Å². The van der Waals surface area contributed by atoms with Gasteiger partial charge in [0.15, 0.2) is 0 Å². The zero-order chi connectivity index (χ0) is 19.9. The van der Waals surface area contributed by atoms with E-state index in [0.29, 0.717) is 19.6 Å². The van der Waals surface area contributed by atoms with E-state index in [2.05, 4.69) is 17.4 Å². The second kappa shape index (κ2) is 9.89. The van der Waals surface area contributed by atoms with Gasteiger partial charge in [0.25, 0.3) is 0 Å². The van der Waals surface area contributed by atoms with Crippen molar-refractivity contribution < 1.29 is 24.0 Å². The van der Waals surface area contributed by atoms with Gasteiger partial charge in [-0.3, -0.25) is 9.59 Å². The fourth-order valence-corrected chi connectivity index (χ4v) is 4.12.